The number of rotatable bonds is 6. The van der Waals surface area contributed by atoms with E-state index in [1.165, 1.54) is 0 Å². The standard InChI is InChI=1S/C12H23N3O4/c1-2-15-7-3-4-9(8-15)14-12(19)13-6-5-10(16)11(17)18/h9-10,16H,2-8H2,1H3,(H,17,18)(H2,13,14,19)/t9?,10-/m0/s1. The Morgan fingerprint density at radius 1 is 1.47 bits per heavy atom. The summed E-state index contributed by atoms with van der Waals surface area (Å²) in [4.78, 5) is 24.2. The van der Waals surface area contributed by atoms with Gasteiger partial charge in [-0.2, -0.15) is 0 Å². The molecule has 0 radical (unpaired) electrons. The smallest absolute Gasteiger partial charge is 0.332 e. The molecule has 110 valence electrons. The maximum Gasteiger partial charge on any atom is 0.332 e. The number of piperidine rings is 1. The topological polar surface area (TPSA) is 102 Å². The molecule has 19 heavy (non-hydrogen) atoms. The summed E-state index contributed by atoms with van der Waals surface area (Å²) in [5.74, 6) is -1.27. The van der Waals surface area contributed by atoms with Crippen molar-refractivity contribution in [2.45, 2.75) is 38.3 Å². The average Bonchev–Trinajstić information content (AvgIpc) is 2.38. The number of aliphatic hydroxyl groups is 1. The van der Waals surface area contributed by atoms with Crippen LogP contribution in [-0.4, -0.2) is 65.4 Å². The Labute approximate surface area is 113 Å². The number of carboxylic acid groups (broad SMARTS) is 1. The van der Waals surface area contributed by atoms with E-state index in [0.717, 1.165) is 32.5 Å². The van der Waals surface area contributed by atoms with Gasteiger partial charge in [-0.05, 0) is 25.9 Å². The summed E-state index contributed by atoms with van der Waals surface area (Å²) in [6.07, 6.45) is 0.609. The molecule has 2 amide bonds. The molecule has 1 aliphatic rings. The van der Waals surface area contributed by atoms with Crippen molar-refractivity contribution >= 4 is 12.0 Å². The predicted molar refractivity (Wildman–Crippen MR) is 69.9 cm³/mol. The van der Waals surface area contributed by atoms with Crippen LogP contribution >= 0.6 is 0 Å². The lowest BCUT2D eigenvalue weighted by Gasteiger charge is -2.32. The third-order valence-electron chi connectivity index (χ3n) is 3.28. The van der Waals surface area contributed by atoms with Crippen molar-refractivity contribution in [1.29, 1.82) is 0 Å². The highest BCUT2D eigenvalue weighted by atomic mass is 16.4. The molecule has 1 unspecified atom stereocenters. The lowest BCUT2D eigenvalue weighted by Crippen LogP contribution is -2.50. The van der Waals surface area contributed by atoms with Crippen LogP contribution in [0.3, 0.4) is 0 Å². The number of hydrogen-bond acceptors (Lipinski definition) is 4. The molecule has 7 heteroatoms. The summed E-state index contributed by atoms with van der Waals surface area (Å²) in [6.45, 7) is 5.13. The molecule has 0 aromatic heterocycles. The number of carbonyl (C=O) groups excluding carboxylic acids is 1. The Balaban J connectivity index is 2.18. The lowest BCUT2D eigenvalue weighted by atomic mass is 10.1. The van der Waals surface area contributed by atoms with E-state index in [2.05, 4.69) is 22.5 Å². The van der Waals surface area contributed by atoms with Crippen LogP contribution in [0.4, 0.5) is 4.79 Å². The number of likely N-dealkylation sites (N-methyl/N-ethyl adjacent to an activating group) is 1. The van der Waals surface area contributed by atoms with Gasteiger partial charge in [0.2, 0.25) is 0 Å². The molecule has 1 saturated heterocycles. The van der Waals surface area contributed by atoms with Crippen LogP contribution in [0, 0.1) is 0 Å². The first-order chi connectivity index (χ1) is 9.02. The van der Waals surface area contributed by atoms with Gasteiger partial charge in [-0.25, -0.2) is 9.59 Å². The molecule has 1 aliphatic heterocycles. The van der Waals surface area contributed by atoms with Gasteiger partial charge in [0.05, 0.1) is 0 Å². The second-order valence-electron chi connectivity index (χ2n) is 4.78. The predicted octanol–water partition coefficient (Wildman–Crippen LogP) is -0.394. The summed E-state index contributed by atoms with van der Waals surface area (Å²) >= 11 is 0. The molecule has 2 atom stereocenters. The maximum absolute atomic E-state index is 11.6. The van der Waals surface area contributed by atoms with Crippen LogP contribution in [-0.2, 0) is 4.79 Å². The SMILES string of the molecule is CCN1CCCC(NC(=O)NCC[C@H](O)C(=O)O)C1. The molecule has 7 nitrogen and oxygen atoms in total. The molecule has 0 saturated carbocycles. The van der Waals surface area contributed by atoms with Gasteiger partial charge in [0.15, 0.2) is 6.10 Å². The minimum Gasteiger partial charge on any atom is -0.479 e. The molecular formula is C12H23N3O4. The largest absolute Gasteiger partial charge is 0.479 e. The van der Waals surface area contributed by atoms with Crippen molar-refractivity contribution in [1.82, 2.24) is 15.5 Å². The van der Waals surface area contributed by atoms with Crippen molar-refractivity contribution < 1.29 is 19.8 Å². The number of nitrogens with zero attached hydrogens (tertiary/aromatic N) is 1. The minimum absolute atomic E-state index is 0.00844. The summed E-state index contributed by atoms with van der Waals surface area (Å²) in [5, 5.41) is 23.0. The van der Waals surface area contributed by atoms with Crippen molar-refractivity contribution in [2.24, 2.45) is 0 Å². The maximum atomic E-state index is 11.6. The van der Waals surface area contributed by atoms with Crippen molar-refractivity contribution in [3.05, 3.63) is 0 Å². The zero-order chi connectivity index (χ0) is 14.3. The van der Waals surface area contributed by atoms with E-state index in [4.69, 9.17) is 10.2 Å². The van der Waals surface area contributed by atoms with Gasteiger partial charge in [0.25, 0.3) is 0 Å². The van der Waals surface area contributed by atoms with Gasteiger partial charge in [0, 0.05) is 25.6 Å². The molecule has 0 aromatic rings. The number of aliphatic carboxylic acids is 1. The zero-order valence-corrected chi connectivity index (χ0v) is 11.3. The van der Waals surface area contributed by atoms with Crippen molar-refractivity contribution in [2.75, 3.05) is 26.2 Å². The van der Waals surface area contributed by atoms with Gasteiger partial charge < -0.3 is 25.7 Å². The monoisotopic (exact) mass is 273 g/mol. The van der Waals surface area contributed by atoms with Crippen LogP contribution in [0.5, 0.6) is 0 Å². The lowest BCUT2D eigenvalue weighted by molar-refractivity contribution is -0.146. The van der Waals surface area contributed by atoms with Crippen LogP contribution in [0.2, 0.25) is 0 Å². The molecule has 0 bridgehead atoms. The first-order valence-corrected chi connectivity index (χ1v) is 6.70. The number of likely N-dealkylation sites (tertiary alicyclic amines) is 1. The van der Waals surface area contributed by atoms with Crippen LogP contribution in [0.1, 0.15) is 26.2 Å². The molecule has 0 spiro atoms. The highest BCUT2D eigenvalue weighted by molar-refractivity contribution is 5.74. The van der Waals surface area contributed by atoms with Crippen LogP contribution < -0.4 is 10.6 Å². The van der Waals surface area contributed by atoms with E-state index >= 15 is 0 Å². The number of amides is 2. The highest BCUT2D eigenvalue weighted by Gasteiger charge is 2.20. The molecule has 1 heterocycles. The number of nitrogens with one attached hydrogen (secondary N) is 2. The van der Waals surface area contributed by atoms with Gasteiger partial charge >= 0.3 is 12.0 Å². The number of hydrogen-bond donors (Lipinski definition) is 4. The van der Waals surface area contributed by atoms with E-state index in [0.29, 0.717) is 0 Å². The number of carboxylic acids is 1. The normalized spacial score (nSPS) is 21.7. The fourth-order valence-electron chi connectivity index (χ4n) is 2.14. The molecular weight excluding hydrogens is 250 g/mol. The van der Waals surface area contributed by atoms with E-state index < -0.39 is 12.1 Å². The Morgan fingerprint density at radius 2 is 2.21 bits per heavy atom. The second kappa shape index (κ2) is 7.96. The van der Waals surface area contributed by atoms with Crippen molar-refractivity contribution in [3.8, 4) is 0 Å². The Kier molecular flexibility index (Phi) is 6.58. The van der Waals surface area contributed by atoms with E-state index in [-0.39, 0.29) is 25.0 Å². The second-order valence-corrected chi connectivity index (χ2v) is 4.78. The van der Waals surface area contributed by atoms with Gasteiger partial charge in [-0.15, -0.1) is 0 Å². The minimum atomic E-state index is -1.43. The first kappa shape index (κ1) is 15.7. The van der Waals surface area contributed by atoms with E-state index in [9.17, 15) is 9.59 Å². The zero-order valence-electron chi connectivity index (χ0n) is 11.3. The molecule has 1 fully saturated rings. The number of urea groups is 1. The Morgan fingerprint density at radius 3 is 2.84 bits per heavy atom. The molecule has 0 aliphatic carbocycles. The van der Waals surface area contributed by atoms with Gasteiger partial charge in [-0.3, -0.25) is 0 Å². The summed E-state index contributed by atoms with van der Waals surface area (Å²) < 4.78 is 0. The van der Waals surface area contributed by atoms with E-state index in [1.807, 2.05) is 0 Å². The third kappa shape index (κ3) is 5.89. The summed E-state index contributed by atoms with van der Waals surface area (Å²) in [6, 6.07) is -0.168. The Bertz CT molecular complexity index is 311. The van der Waals surface area contributed by atoms with Crippen molar-refractivity contribution in [3.63, 3.8) is 0 Å². The molecule has 4 N–H and O–H groups in total. The highest BCUT2D eigenvalue weighted by Crippen LogP contribution is 2.09. The fraction of sp³-hybridized carbons (Fsp3) is 0.833. The van der Waals surface area contributed by atoms with Crippen LogP contribution in [0.25, 0.3) is 0 Å². The van der Waals surface area contributed by atoms with Gasteiger partial charge in [0.1, 0.15) is 0 Å². The first-order valence-electron chi connectivity index (χ1n) is 6.70. The number of aliphatic hydroxyl groups excluding tert-OH is 1. The van der Waals surface area contributed by atoms with Crippen LogP contribution in [0.15, 0.2) is 0 Å². The fourth-order valence-corrected chi connectivity index (χ4v) is 2.14. The Hall–Kier alpha value is -1.34. The average molecular weight is 273 g/mol. The van der Waals surface area contributed by atoms with E-state index in [1.54, 1.807) is 0 Å². The molecule has 1 rings (SSSR count). The number of carbonyl (C=O) groups is 2. The molecule has 0 aromatic carbocycles. The van der Waals surface area contributed by atoms with Gasteiger partial charge in [-0.1, -0.05) is 6.92 Å². The quantitative estimate of drug-likeness (QED) is 0.528. The summed E-state index contributed by atoms with van der Waals surface area (Å²) in [5.41, 5.74) is 0. The summed E-state index contributed by atoms with van der Waals surface area (Å²) in [7, 11) is 0. The third-order valence-corrected chi connectivity index (χ3v) is 3.28.